The van der Waals surface area contributed by atoms with Gasteiger partial charge in [-0.25, -0.2) is 0 Å². The highest BCUT2D eigenvalue weighted by Crippen LogP contribution is 2.20. The van der Waals surface area contributed by atoms with E-state index in [1.54, 1.807) is 19.3 Å². The number of carbonyl (C=O) groups excluding carboxylic acids is 1. The van der Waals surface area contributed by atoms with Gasteiger partial charge >= 0.3 is 0 Å². The standard InChI is InChI=1S/C12H17N3OS/c1-13-12(16)11-8-10(2-5-14-11)15-9-3-6-17-7-4-9/h2,5,8-9H,3-4,6-7H2,1H3,(H,13,16)(H,14,15). The lowest BCUT2D eigenvalue weighted by molar-refractivity contribution is 0.0958. The van der Waals surface area contributed by atoms with E-state index in [0.717, 1.165) is 5.69 Å². The smallest absolute Gasteiger partial charge is 0.269 e. The fourth-order valence-electron chi connectivity index (χ4n) is 1.85. The zero-order valence-corrected chi connectivity index (χ0v) is 10.7. The van der Waals surface area contributed by atoms with Crippen LogP contribution in [-0.2, 0) is 0 Å². The number of thioether (sulfide) groups is 1. The van der Waals surface area contributed by atoms with Crippen LogP contribution < -0.4 is 10.6 Å². The van der Waals surface area contributed by atoms with Crippen LogP contribution in [0, 0.1) is 0 Å². The van der Waals surface area contributed by atoms with Crippen LogP contribution >= 0.6 is 11.8 Å². The first-order valence-corrected chi connectivity index (χ1v) is 6.97. The normalized spacial score (nSPS) is 16.5. The van der Waals surface area contributed by atoms with Gasteiger partial charge in [0.25, 0.3) is 5.91 Å². The minimum absolute atomic E-state index is 0.146. The van der Waals surface area contributed by atoms with Crippen molar-refractivity contribution in [1.29, 1.82) is 0 Å². The molecule has 92 valence electrons. The Morgan fingerprint density at radius 2 is 2.24 bits per heavy atom. The largest absolute Gasteiger partial charge is 0.382 e. The Balaban J connectivity index is 2.02. The van der Waals surface area contributed by atoms with E-state index in [1.165, 1.54) is 24.3 Å². The molecule has 0 spiro atoms. The molecular formula is C12H17N3OS. The summed E-state index contributed by atoms with van der Waals surface area (Å²) in [5.41, 5.74) is 1.44. The molecule has 0 aliphatic carbocycles. The minimum Gasteiger partial charge on any atom is -0.382 e. The van der Waals surface area contributed by atoms with Crippen molar-refractivity contribution in [3.05, 3.63) is 24.0 Å². The van der Waals surface area contributed by atoms with E-state index < -0.39 is 0 Å². The number of aromatic nitrogens is 1. The molecule has 2 N–H and O–H groups in total. The van der Waals surface area contributed by atoms with Gasteiger partial charge in [0.1, 0.15) is 5.69 Å². The lowest BCUT2D eigenvalue weighted by Gasteiger charge is -2.23. The van der Waals surface area contributed by atoms with Gasteiger partial charge in [-0.2, -0.15) is 11.8 Å². The van der Waals surface area contributed by atoms with Gasteiger partial charge in [-0.1, -0.05) is 0 Å². The molecule has 0 radical (unpaired) electrons. The highest BCUT2D eigenvalue weighted by molar-refractivity contribution is 7.99. The maximum atomic E-state index is 11.5. The van der Waals surface area contributed by atoms with Gasteiger partial charge in [0.2, 0.25) is 0 Å². The van der Waals surface area contributed by atoms with Crippen LogP contribution in [0.1, 0.15) is 23.3 Å². The van der Waals surface area contributed by atoms with E-state index in [4.69, 9.17) is 0 Å². The first-order chi connectivity index (χ1) is 8.29. The summed E-state index contributed by atoms with van der Waals surface area (Å²) in [7, 11) is 1.61. The third-order valence-corrected chi connectivity index (χ3v) is 3.86. The Morgan fingerprint density at radius 3 is 2.94 bits per heavy atom. The van der Waals surface area contributed by atoms with E-state index in [1.807, 2.05) is 17.8 Å². The second-order valence-corrected chi connectivity index (χ2v) is 5.26. The number of nitrogens with zero attached hydrogens (tertiary/aromatic N) is 1. The van der Waals surface area contributed by atoms with Crippen molar-refractivity contribution in [3.8, 4) is 0 Å². The van der Waals surface area contributed by atoms with Crippen molar-refractivity contribution in [1.82, 2.24) is 10.3 Å². The number of hydrogen-bond donors (Lipinski definition) is 2. The number of pyridine rings is 1. The second-order valence-electron chi connectivity index (χ2n) is 4.04. The molecule has 2 heterocycles. The van der Waals surface area contributed by atoms with Crippen molar-refractivity contribution in [3.63, 3.8) is 0 Å². The molecule has 0 saturated carbocycles. The molecular weight excluding hydrogens is 234 g/mol. The molecule has 1 amide bonds. The van der Waals surface area contributed by atoms with Gasteiger partial charge in [-0.3, -0.25) is 9.78 Å². The van der Waals surface area contributed by atoms with Gasteiger partial charge in [0.05, 0.1) is 0 Å². The summed E-state index contributed by atoms with van der Waals surface area (Å²) < 4.78 is 0. The molecule has 5 heteroatoms. The van der Waals surface area contributed by atoms with Crippen LogP contribution in [0.5, 0.6) is 0 Å². The number of nitrogens with one attached hydrogen (secondary N) is 2. The van der Waals surface area contributed by atoms with Crippen molar-refractivity contribution in [2.75, 3.05) is 23.9 Å². The van der Waals surface area contributed by atoms with Crippen molar-refractivity contribution in [2.24, 2.45) is 0 Å². The number of rotatable bonds is 3. The molecule has 1 aromatic heterocycles. The quantitative estimate of drug-likeness (QED) is 0.859. The summed E-state index contributed by atoms with van der Waals surface area (Å²) in [6.07, 6.45) is 4.04. The van der Waals surface area contributed by atoms with Crippen LogP contribution in [0.4, 0.5) is 5.69 Å². The Hall–Kier alpha value is -1.23. The SMILES string of the molecule is CNC(=O)c1cc(NC2CCSCC2)ccn1. The molecule has 0 atom stereocenters. The molecule has 1 aliphatic rings. The molecule has 2 rings (SSSR count). The molecule has 1 saturated heterocycles. The molecule has 0 unspecified atom stereocenters. The summed E-state index contributed by atoms with van der Waals surface area (Å²) in [6.45, 7) is 0. The fraction of sp³-hybridized carbons (Fsp3) is 0.500. The predicted octanol–water partition coefficient (Wildman–Crippen LogP) is 1.75. The van der Waals surface area contributed by atoms with Crippen LogP contribution in [0.15, 0.2) is 18.3 Å². The van der Waals surface area contributed by atoms with Crippen LogP contribution in [0.3, 0.4) is 0 Å². The molecule has 1 aromatic rings. The monoisotopic (exact) mass is 251 g/mol. The predicted molar refractivity (Wildman–Crippen MR) is 71.6 cm³/mol. The third-order valence-electron chi connectivity index (χ3n) is 2.81. The summed E-state index contributed by atoms with van der Waals surface area (Å²) in [4.78, 5) is 15.5. The molecule has 0 aromatic carbocycles. The topological polar surface area (TPSA) is 54.0 Å². The average molecular weight is 251 g/mol. The molecule has 0 bridgehead atoms. The Kier molecular flexibility index (Phi) is 4.25. The van der Waals surface area contributed by atoms with Gasteiger partial charge in [-0.15, -0.1) is 0 Å². The highest BCUT2D eigenvalue weighted by atomic mass is 32.2. The zero-order chi connectivity index (χ0) is 12.1. The lowest BCUT2D eigenvalue weighted by Crippen LogP contribution is -2.25. The van der Waals surface area contributed by atoms with Crippen molar-refractivity contribution >= 4 is 23.4 Å². The number of carbonyl (C=O) groups is 1. The number of anilines is 1. The van der Waals surface area contributed by atoms with Gasteiger partial charge in [0, 0.05) is 25.0 Å². The summed E-state index contributed by atoms with van der Waals surface area (Å²) in [6, 6.07) is 4.24. The lowest BCUT2D eigenvalue weighted by atomic mass is 10.1. The Bertz CT molecular complexity index is 391. The van der Waals surface area contributed by atoms with Gasteiger partial charge in [-0.05, 0) is 36.5 Å². The first kappa shape index (κ1) is 12.2. The zero-order valence-electron chi connectivity index (χ0n) is 9.90. The van der Waals surface area contributed by atoms with E-state index in [0.29, 0.717) is 11.7 Å². The average Bonchev–Trinajstić information content (AvgIpc) is 2.39. The Labute approximate surface area is 106 Å². The molecule has 1 fully saturated rings. The highest BCUT2D eigenvalue weighted by Gasteiger charge is 2.14. The van der Waals surface area contributed by atoms with E-state index in [9.17, 15) is 4.79 Å². The Morgan fingerprint density at radius 1 is 1.47 bits per heavy atom. The number of amides is 1. The minimum atomic E-state index is -0.146. The van der Waals surface area contributed by atoms with E-state index in [2.05, 4.69) is 15.6 Å². The summed E-state index contributed by atoms with van der Waals surface area (Å²) in [5.74, 6) is 2.28. The van der Waals surface area contributed by atoms with Crippen LogP contribution in [0.2, 0.25) is 0 Å². The molecule has 4 nitrogen and oxygen atoms in total. The van der Waals surface area contributed by atoms with E-state index in [-0.39, 0.29) is 5.91 Å². The molecule has 17 heavy (non-hydrogen) atoms. The van der Waals surface area contributed by atoms with E-state index >= 15 is 0 Å². The maximum absolute atomic E-state index is 11.5. The number of hydrogen-bond acceptors (Lipinski definition) is 4. The van der Waals surface area contributed by atoms with Crippen LogP contribution in [0.25, 0.3) is 0 Å². The maximum Gasteiger partial charge on any atom is 0.269 e. The second kappa shape index (κ2) is 5.91. The van der Waals surface area contributed by atoms with Gasteiger partial charge < -0.3 is 10.6 Å². The molecule has 1 aliphatic heterocycles. The summed E-state index contributed by atoms with van der Waals surface area (Å²) in [5, 5.41) is 6.05. The third kappa shape index (κ3) is 3.36. The fourth-order valence-corrected chi connectivity index (χ4v) is 2.96. The van der Waals surface area contributed by atoms with Crippen LogP contribution in [-0.4, -0.2) is 35.5 Å². The van der Waals surface area contributed by atoms with Crippen molar-refractivity contribution in [2.45, 2.75) is 18.9 Å². The summed E-state index contributed by atoms with van der Waals surface area (Å²) >= 11 is 2.00. The van der Waals surface area contributed by atoms with Crippen molar-refractivity contribution < 1.29 is 4.79 Å². The van der Waals surface area contributed by atoms with Gasteiger partial charge in [0.15, 0.2) is 0 Å². The first-order valence-electron chi connectivity index (χ1n) is 5.82.